The molecule has 0 bridgehead atoms. The van der Waals surface area contributed by atoms with Crippen LogP contribution in [0.5, 0.6) is 0 Å². The summed E-state index contributed by atoms with van der Waals surface area (Å²) >= 11 is 0. The number of anilines is 1. The number of hydrogen-bond donors (Lipinski definition) is 2. The predicted octanol–water partition coefficient (Wildman–Crippen LogP) is 1.75. The molecule has 0 fully saturated rings. The zero-order valence-corrected chi connectivity index (χ0v) is 10.7. The van der Waals surface area contributed by atoms with E-state index in [0.29, 0.717) is 13.1 Å². The normalized spacial score (nSPS) is 10.9. The molecule has 17 heavy (non-hydrogen) atoms. The predicted molar refractivity (Wildman–Crippen MR) is 68.7 cm³/mol. The van der Waals surface area contributed by atoms with Gasteiger partial charge in [0.05, 0.1) is 6.61 Å². The number of nitrogens with zero attached hydrogens (tertiary/aromatic N) is 1. The number of rotatable bonds is 6. The first-order valence-electron chi connectivity index (χ1n) is 5.90. The second-order valence-corrected chi connectivity index (χ2v) is 4.36. The maximum atomic E-state index is 13.5. The van der Waals surface area contributed by atoms with Gasteiger partial charge in [0.25, 0.3) is 0 Å². The van der Waals surface area contributed by atoms with Gasteiger partial charge in [0, 0.05) is 24.8 Å². The van der Waals surface area contributed by atoms with Crippen molar-refractivity contribution >= 4 is 5.69 Å². The third-order valence-corrected chi connectivity index (χ3v) is 2.62. The zero-order valence-electron chi connectivity index (χ0n) is 10.7. The summed E-state index contributed by atoms with van der Waals surface area (Å²) in [5.74, 6) is -0.240. The summed E-state index contributed by atoms with van der Waals surface area (Å²) in [5, 5.41) is 12.0. The molecule has 0 aromatic heterocycles. The van der Waals surface area contributed by atoms with Crippen LogP contribution in [0.3, 0.4) is 0 Å². The molecular formula is C13H21FN2O. The number of aliphatic hydroxyl groups excluding tert-OH is 1. The molecule has 0 atom stereocenters. The summed E-state index contributed by atoms with van der Waals surface area (Å²) in [6.45, 7) is 5.27. The first-order valence-corrected chi connectivity index (χ1v) is 5.90. The standard InChI is InChI=1S/C13H21FN2O/c1-10(2)16(4-5-17)13-7-11(9-15-3)6-12(14)8-13/h6-8,10,15,17H,4-5,9H2,1-3H3. The third-order valence-electron chi connectivity index (χ3n) is 2.62. The van der Waals surface area contributed by atoms with Crippen molar-refractivity contribution in [3.05, 3.63) is 29.6 Å². The molecule has 0 amide bonds. The van der Waals surface area contributed by atoms with Crippen LogP contribution in [0.2, 0.25) is 0 Å². The van der Waals surface area contributed by atoms with E-state index in [1.165, 1.54) is 12.1 Å². The minimum atomic E-state index is -0.240. The topological polar surface area (TPSA) is 35.5 Å². The van der Waals surface area contributed by atoms with E-state index >= 15 is 0 Å². The van der Waals surface area contributed by atoms with E-state index in [4.69, 9.17) is 5.11 Å². The molecule has 0 heterocycles. The van der Waals surface area contributed by atoms with Crippen molar-refractivity contribution in [1.82, 2.24) is 5.32 Å². The van der Waals surface area contributed by atoms with Crippen molar-refractivity contribution in [1.29, 1.82) is 0 Å². The molecule has 3 nitrogen and oxygen atoms in total. The van der Waals surface area contributed by atoms with Crippen molar-refractivity contribution in [3.8, 4) is 0 Å². The van der Waals surface area contributed by atoms with E-state index < -0.39 is 0 Å². The lowest BCUT2D eigenvalue weighted by molar-refractivity contribution is 0.299. The smallest absolute Gasteiger partial charge is 0.125 e. The van der Waals surface area contributed by atoms with E-state index in [1.807, 2.05) is 31.9 Å². The molecule has 0 radical (unpaired) electrons. The Balaban J connectivity index is 3.00. The van der Waals surface area contributed by atoms with Gasteiger partial charge in [0.1, 0.15) is 5.82 Å². The van der Waals surface area contributed by atoms with Crippen LogP contribution in [0.1, 0.15) is 19.4 Å². The summed E-state index contributed by atoms with van der Waals surface area (Å²) in [6, 6.07) is 5.22. The molecule has 0 aliphatic heterocycles. The number of aliphatic hydroxyl groups is 1. The van der Waals surface area contributed by atoms with Crippen LogP contribution in [-0.4, -0.2) is 31.3 Å². The van der Waals surface area contributed by atoms with Gasteiger partial charge in [-0.25, -0.2) is 4.39 Å². The molecule has 4 heteroatoms. The quantitative estimate of drug-likeness (QED) is 0.795. The Morgan fingerprint density at radius 1 is 1.35 bits per heavy atom. The largest absolute Gasteiger partial charge is 0.395 e. The highest BCUT2D eigenvalue weighted by Gasteiger charge is 2.11. The summed E-state index contributed by atoms with van der Waals surface area (Å²) in [4.78, 5) is 1.99. The van der Waals surface area contributed by atoms with Crippen LogP contribution in [0.15, 0.2) is 18.2 Å². The monoisotopic (exact) mass is 240 g/mol. The summed E-state index contributed by atoms with van der Waals surface area (Å²) in [7, 11) is 1.83. The molecule has 96 valence electrons. The van der Waals surface area contributed by atoms with Gasteiger partial charge in [0.2, 0.25) is 0 Å². The molecule has 0 spiro atoms. The Hall–Kier alpha value is -1.13. The minimum absolute atomic E-state index is 0.0655. The number of hydrogen-bond acceptors (Lipinski definition) is 3. The highest BCUT2D eigenvalue weighted by molar-refractivity contribution is 5.49. The molecule has 2 N–H and O–H groups in total. The summed E-state index contributed by atoms with van der Waals surface area (Å²) < 4.78 is 13.5. The lowest BCUT2D eigenvalue weighted by Crippen LogP contribution is -2.33. The Labute approximate surface area is 102 Å². The fraction of sp³-hybridized carbons (Fsp3) is 0.538. The molecule has 0 aliphatic carbocycles. The molecule has 1 rings (SSSR count). The highest BCUT2D eigenvalue weighted by Crippen LogP contribution is 2.20. The van der Waals surface area contributed by atoms with Crippen molar-refractivity contribution in [2.24, 2.45) is 0 Å². The zero-order chi connectivity index (χ0) is 12.8. The molecular weight excluding hydrogens is 219 g/mol. The van der Waals surface area contributed by atoms with Crippen molar-refractivity contribution in [2.45, 2.75) is 26.4 Å². The lowest BCUT2D eigenvalue weighted by atomic mass is 10.1. The van der Waals surface area contributed by atoms with Gasteiger partial charge in [-0.1, -0.05) is 0 Å². The van der Waals surface area contributed by atoms with E-state index in [9.17, 15) is 4.39 Å². The van der Waals surface area contributed by atoms with Gasteiger partial charge in [-0.3, -0.25) is 0 Å². The van der Waals surface area contributed by atoms with E-state index in [0.717, 1.165) is 11.3 Å². The van der Waals surface area contributed by atoms with Crippen molar-refractivity contribution < 1.29 is 9.50 Å². The maximum Gasteiger partial charge on any atom is 0.125 e. The molecule has 1 aromatic carbocycles. The first kappa shape index (κ1) is 13.9. The Morgan fingerprint density at radius 3 is 2.59 bits per heavy atom. The second-order valence-electron chi connectivity index (χ2n) is 4.36. The lowest BCUT2D eigenvalue weighted by Gasteiger charge is -2.28. The number of benzene rings is 1. The molecule has 1 aromatic rings. The van der Waals surface area contributed by atoms with Gasteiger partial charge in [-0.2, -0.15) is 0 Å². The van der Waals surface area contributed by atoms with Crippen LogP contribution in [0.4, 0.5) is 10.1 Å². The van der Waals surface area contributed by atoms with Crippen molar-refractivity contribution in [2.75, 3.05) is 25.1 Å². The van der Waals surface area contributed by atoms with Crippen LogP contribution in [0, 0.1) is 5.82 Å². The van der Waals surface area contributed by atoms with Crippen molar-refractivity contribution in [3.63, 3.8) is 0 Å². The fourth-order valence-corrected chi connectivity index (χ4v) is 1.90. The summed E-state index contributed by atoms with van der Waals surface area (Å²) in [5.41, 5.74) is 1.73. The second kappa shape index (κ2) is 6.57. The first-order chi connectivity index (χ1) is 8.08. The Kier molecular flexibility index (Phi) is 5.38. The molecule has 0 unspecified atom stereocenters. The fourth-order valence-electron chi connectivity index (χ4n) is 1.90. The average Bonchev–Trinajstić information content (AvgIpc) is 2.25. The highest BCUT2D eigenvalue weighted by atomic mass is 19.1. The molecule has 0 saturated carbocycles. The van der Waals surface area contributed by atoms with Gasteiger partial charge >= 0.3 is 0 Å². The van der Waals surface area contributed by atoms with E-state index in [-0.39, 0.29) is 18.5 Å². The van der Waals surface area contributed by atoms with Gasteiger partial charge in [-0.15, -0.1) is 0 Å². The van der Waals surface area contributed by atoms with Crippen LogP contribution in [-0.2, 0) is 6.54 Å². The average molecular weight is 240 g/mol. The van der Waals surface area contributed by atoms with Crippen LogP contribution in [0.25, 0.3) is 0 Å². The maximum absolute atomic E-state index is 13.5. The number of nitrogens with one attached hydrogen (secondary N) is 1. The molecule has 0 saturated heterocycles. The van der Waals surface area contributed by atoms with Gasteiger partial charge < -0.3 is 15.3 Å². The minimum Gasteiger partial charge on any atom is -0.395 e. The third kappa shape index (κ3) is 3.98. The van der Waals surface area contributed by atoms with Gasteiger partial charge in [0.15, 0.2) is 0 Å². The Bertz CT molecular complexity index is 355. The van der Waals surface area contributed by atoms with E-state index in [1.54, 1.807) is 0 Å². The van der Waals surface area contributed by atoms with Gasteiger partial charge in [-0.05, 0) is 44.7 Å². The number of halogens is 1. The van der Waals surface area contributed by atoms with Crippen LogP contribution >= 0.6 is 0 Å². The Morgan fingerprint density at radius 2 is 2.06 bits per heavy atom. The van der Waals surface area contributed by atoms with E-state index in [2.05, 4.69) is 5.32 Å². The van der Waals surface area contributed by atoms with Crippen LogP contribution < -0.4 is 10.2 Å². The SMILES string of the molecule is CNCc1cc(F)cc(N(CCO)C(C)C)c1. The summed E-state index contributed by atoms with van der Waals surface area (Å²) in [6.07, 6.45) is 0. The molecule has 0 aliphatic rings.